The number of hydrogen-bond acceptors (Lipinski definition) is 4. The molecule has 0 aromatic heterocycles. The number of ether oxygens (including phenoxy) is 4. The van der Waals surface area contributed by atoms with E-state index < -0.39 is 11.6 Å². The van der Waals surface area contributed by atoms with Crippen LogP contribution >= 0.6 is 15.9 Å². The lowest BCUT2D eigenvalue weighted by Crippen LogP contribution is -2.63. The van der Waals surface area contributed by atoms with E-state index in [0.717, 1.165) is 18.2 Å². The van der Waals surface area contributed by atoms with Crippen molar-refractivity contribution in [2.24, 2.45) is 16.7 Å². The average Bonchev–Trinajstić information content (AvgIpc) is 3.11. The average molecular weight is 333 g/mol. The number of alkyl halides is 1. The smallest absolute Gasteiger partial charge is 0.230 e. The van der Waals surface area contributed by atoms with Gasteiger partial charge in [-0.25, -0.2) is 0 Å². The van der Waals surface area contributed by atoms with Crippen LogP contribution in [0.15, 0.2) is 0 Å². The van der Waals surface area contributed by atoms with Crippen LogP contribution in [0.3, 0.4) is 0 Å². The Balaban J connectivity index is 1.93. The Hall–Kier alpha value is 0.320. The van der Waals surface area contributed by atoms with Crippen LogP contribution in [0.4, 0.5) is 0 Å². The van der Waals surface area contributed by atoms with Crippen LogP contribution in [0, 0.1) is 16.7 Å². The molecular formula is C14H21BrO4. The summed E-state index contributed by atoms with van der Waals surface area (Å²) in [5.74, 6) is -1.09. The maximum atomic E-state index is 6.18. The molecule has 2 aliphatic carbocycles. The highest BCUT2D eigenvalue weighted by Gasteiger charge is 2.86. The van der Waals surface area contributed by atoms with Crippen LogP contribution in [-0.4, -0.2) is 43.3 Å². The van der Waals surface area contributed by atoms with Crippen molar-refractivity contribution in [2.45, 2.75) is 38.3 Å². The second-order valence-electron chi connectivity index (χ2n) is 6.65. The van der Waals surface area contributed by atoms with Crippen molar-refractivity contribution < 1.29 is 18.9 Å². The fourth-order valence-corrected chi connectivity index (χ4v) is 6.19. The summed E-state index contributed by atoms with van der Waals surface area (Å²) in [4.78, 5) is 0. The summed E-state index contributed by atoms with van der Waals surface area (Å²) in [6.07, 6.45) is 2.22. The SMILES string of the molecule is CC1(CBr)C2CCC1(C)C1(OCCO1)C21OCCO1. The van der Waals surface area contributed by atoms with E-state index in [4.69, 9.17) is 18.9 Å². The zero-order chi connectivity index (χ0) is 13.4. The summed E-state index contributed by atoms with van der Waals surface area (Å²) in [5, 5.41) is 0.921. The molecule has 0 N–H and O–H groups in total. The fourth-order valence-electron chi connectivity index (χ4n) is 5.18. The zero-order valence-corrected chi connectivity index (χ0v) is 13.1. The van der Waals surface area contributed by atoms with Gasteiger partial charge in [0.1, 0.15) is 0 Å². The van der Waals surface area contributed by atoms with Gasteiger partial charge >= 0.3 is 0 Å². The topological polar surface area (TPSA) is 36.9 Å². The molecule has 0 amide bonds. The molecule has 2 saturated carbocycles. The van der Waals surface area contributed by atoms with Crippen molar-refractivity contribution in [2.75, 3.05) is 31.8 Å². The predicted octanol–water partition coefficient (Wildman–Crippen LogP) is 2.30. The van der Waals surface area contributed by atoms with Crippen molar-refractivity contribution in [1.29, 1.82) is 0 Å². The first-order valence-electron chi connectivity index (χ1n) is 7.18. The van der Waals surface area contributed by atoms with Gasteiger partial charge < -0.3 is 18.9 Å². The van der Waals surface area contributed by atoms with Crippen LogP contribution in [0.25, 0.3) is 0 Å². The van der Waals surface area contributed by atoms with Gasteiger partial charge in [-0.15, -0.1) is 0 Å². The first-order valence-corrected chi connectivity index (χ1v) is 8.30. The molecule has 0 aromatic carbocycles. The van der Waals surface area contributed by atoms with Crippen molar-refractivity contribution in [3.63, 3.8) is 0 Å². The summed E-state index contributed by atoms with van der Waals surface area (Å²) in [5.41, 5.74) is -0.00329. The van der Waals surface area contributed by atoms with Gasteiger partial charge in [-0.1, -0.05) is 29.8 Å². The second-order valence-corrected chi connectivity index (χ2v) is 7.21. The van der Waals surface area contributed by atoms with Gasteiger partial charge in [0.2, 0.25) is 11.6 Å². The zero-order valence-electron chi connectivity index (χ0n) is 11.5. The highest BCUT2D eigenvalue weighted by Crippen LogP contribution is 2.77. The Morgan fingerprint density at radius 2 is 1.58 bits per heavy atom. The van der Waals surface area contributed by atoms with Crippen molar-refractivity contribution >= 4 is 15.9 Å². The Morgan fingerprint density at radius 1 is 1.00 bits per heavy atom. The quantitative estimate of drug-likeness (QED) is 0.690. The molecule has 2 heterocycles. The lowest BCUT2D eigenvalue weighted by atomic mass is 9.68. The lowest BCUT2D eigenvalue weighted by Gasteiger charge is -2.49. The number of rotatable bonds is 1. The van der Waals surface area contributed by atoms with Crippen LogP contribution in [0.5, 0.6) is 0 Å². The molecule has 2 aliphatic heterocycles. The normalized spacial score (nSPS) is 49.7. The van der Waals surface area contributed by atoms with E-state index in [0.29, 0.717) is 32.3 Å². The molecule has 0 radical (unpaired) electrons. The van der Waals surface area contributed by atoms with Crippen LogP contribution in [0.2, 0.25) is 0 Å². The molecular weight excluding hydrogens is 312 g/mol. The minimum Gasteiger partial charge on any atom is -0.343 e. The first kappa shape index (κ1) is 13.0. The minimum atomic E-state index is -0.720. The molecule has 2 bridgehead atoms. The van der Waals surface area contributed by atoms with Gasteiger partial charge in [0.15, 0.2) is 0 Å². The summed E-state index contributed by atoms with van der Waals surface area (Å²) >= 11 is 3.73. The summed E-state index contributed by atoms with van der Waals surface area (Å²) in [7, 11) is 0. The summed E-state index contributed by atoms with van der Waals surface area (Å²) in [6.45, 7) is 7.16. The van der Waals surface area contributed by atoms with Gasteiger partial charge in [0.25, 0.3) is 0 Å². The van der Waals surface area contributed by atoms with E-state index in [9.17, 15) is 0 Å². The van der Waals surface area contributed by atoms with Gasteiger partial charge in [-0.2, -0.15) is 0 Å². The number of hydrogen-bond donors (Lipinski definition) is 0. The van der Waals surface area contributed by atoms with Crippen LogP contribution in [0.1, 0.15) is 26.7 Å². The maximum Gasteiger partial charge on any atom is 0.230 e. The van der Waals surface area contributed by atoms with Crippen LogP contribution in [-0.2, 0) is 18.9 Å². The molecule has 4 fully saturated rings. The molecule has 19 heavy (non-hydrogen) atoms. The summed E-state index contributed by atoms with van der Waals surface area (Å²) in [6, 6.07) is 0. The van der Waals surface area contributed by atoms with E-state index in [1.807, 2.05) is 0 Å². The largest absolute Gasteiger partial charge is 0.343 e. The molecule has 4 rings (SSSR count). The van der Waals surface area contributed by atoms with E-state index in [-0.39, 0.29) is 10.8 Å². The Labute approximate surface area is 122 Å². The molecule has 3 unspecified atom stereocenters. The van der Waals surface area contributed by atoms with Crippen molar-refractivity contribution in [3.8, 4) is 0 Å². The van der Waals surface area contributed by atoms with Gasteiger partial charge in [0, 0.05) is 16.7 Å². The van der Waals surface area contributed by atoms with E-state index in [2.05, 4.69) is 29.8 Å². The van der Waals surface area contributed by atoms with Gasteiger partial charge in [0.05, 0.1) is 26.4 Å². The molecule has 0 aromatic rings. The Bertz CT molecular complexity index is 402. The first-order chi connectivity index (χ1) is 9.06. The molecule has 2 spiro atoms. The van der Waals surface area contributed by atoms with Crippen LogP contribution < -0.4 is 0 Å². The number of fused-ring (bicyclic) bond motifs is 5. The van der Waals surface area contributed by atoms with E-state index >= 15 is 0 Å². The van der Waals surface area contributed by atoms with E-state index in [1.54, 1.807) is 0 Å². The molecule has 5 heteroatoms. The summed E-state index contributed by atoms with van der Waals surface area (Å²) < 4.78 is 24.6. The second kappa shape index (κ2) is 3.74. The molecule has 2 saturated heterocycles. The van der Waals surface area contributed by atoms with Crippen molar-refractivity contribution in [3.05, 3.63) is 0 Å². The number of halogens is 1. The fraction of sp³-hybridized carbons (Fsp3) is 1.00. The van der Waals surface area contributed by atoms with Gasteiger partial charge in [-0.05, 0) is 18.3 Å². The third kappa shape index (κ3) is 1.11. The standard InChI is InChI=1S/C14H21BrO4/c1-11(9-15)10-3-4-12(11,2)14(18-7-8-19-14)13(10)16-5-6-17-13/h10H,3-9H2,1-2H3. The molecule has 3 atom stereocenters. The Kier molecular flexibility index (Phi) is 2.56. The minimum absolute atomic E-state index is 0.0711. The lowest BCUT2D eigenvalue weighted by molar-refractivity contribution is -0.381. The van der Waals surface area contributed by atoms with E-state index in [1.165, 1.54) is 0 Å². The van der Waals surface area contributed by atoms with Crippen molar-refractivity contribution in [1.82, 2.24) is 0 Å². The third-order valence-corrected chi connectivity index (χ3v) is 7.46. The monoisotopic (exact) mass is 332 g/mol. The highest BCUT2D eigenvalue weighted by molar-refractivity contribution is 9.09. The molecule has 108 valence electrons. The predicted molar refractivity (Wildman–Crippen MR) is 72.0 cm³/mol. The third-order valence-electron chi connectivity index (χ3n) is 6.29. The molecule has 4 aliphatic rings. The maximum absolute atomic E-state index is 6.18. The van der Waals surface area contributed by atoms with Gasteiger partial charge in [-0.3, -0.25) is 0 Å². The molecule has 4 nitrogen and oxygen atoms in total. The Morgan fingerprint density at radius 3 is 2.16 bits per heavy atom. The highest BCUT2D eigenvalue weighted by atomic mass is 79.9.